The molecule has 2 aliphatic rings. The smallest absolute Gasteiger partial charge is 0.182 e. The first-order chi connectivity index (χ1) is 23.9. The number of aliphatic hydroxyl groups excluding tert-OH is 4. The van der Waals surface area contributed by atoms with Gasteiger partial charge in [-0.15, -0.1) is 0 Å². The molecule has 2 heterocycles. The number of hydrogen-bond donors (Lipinski definition) is 5. The van der Waals surface area contributed by atoms with Gasteiger partial charge in [0.1, 0.15) is 24.1 Å². The zero-order chi connectivity index (χ0) is 41.2. The number of aliphatic hydroxyl groups is 5. The summed E-state index contributed by atoms with van der Waals surface area (Å²) in [6.07, 6.45) is 2.03. The quantitative estimate of drug-likeness (QED) is 0.120. The van der Waals surface area contributed by atoms with Crippen LogP contribution in [-0.2, 0) is 33.3 Å². The SMILES string of the molecule is CC.CC1CC(N(C)C)C(O)C(O)O1.COC1(C)CC(O)OC(C)C1O.COC[C@@](C)(O)/C=C(\C)C(=O)[C@H](C)C[C@](C)(C[C@@H](C)CC(C)C=O)OC. The molecule has 2 rings (SSSR count). The Labute approximate surface area is 315 Å². The molecular formula is C39H77NO12. The maximum absolute atomic E-state index is 12.7. The van der Waals surface area contributed by atoms with Gasteiger partial charge < -0.3 is 58.9 Å². The van der Waals surface area contributed by atoms with E-state index in [1.165, 1.54) is 14.2 Å². The fraction of sp³-hybridized carbons (Fsp3) is 0.897. The van der Waals surface area contributed by atoms with E-state index in [-0.39, 0.29) is 36.4 Å². The van der Waals surface area contributed by atoms with Crippen molar-refractivity contribution in [1.29, 1.82) is 0 Å². The molecule has 0 amide bonds. The van der Waals surface area contributed by atoms with Crippen LogP contribution in [0.2, 0.25) is 0 Å². The van der Waals surface area contributed by atoms with E-state index in [0.29, 0.717) is 24.3 Å². The summed E-state index contributed by atoms with van der Waals surface area (Å²) in [4.78, 5) is 25.5. The number of likely N-dealkylation sites (N-methyl/N-ethyl adjacent to an activating group) is 1. The molecule has 13 nitrogen and oxygen atoms in total. The van der Waals surface area contributed by atoms with Gasteiger partial charge in [0.05, 0.1) is 30.0 Å². The Morgan fingerprint density at radius 1 is 1.02 bits per heavy atom. The number of hydrogen-bond acceptors (Lipinski definition) is 13. The molecule has 2 fully saturated rings. The highest BCUT2D eigenvalue weighted by Crippen LogP contribution is 2.32. The monoisotopic (exact) mass is 752 g/mol. The summed E-state index contributed by atoms with van der Waals surface area (Å²) in [5, 5.41) is 47.9. The number of rotatable bonds is 15. The summed E-state index contributed by atoms with van der Waals surface area (Å²) in [7, 11) is 8.48. The lowest BCUT2D eigenvalue weighted by Crippen LogP contribution is -2.55. The molecular weight excluding hydrogens is 674 g/mol. The zero-order valence-electron chi connectivity index (χ0n) is 35.2. The molecule has 0 spiro atoms. The maximum atomic E-state index is 12.7. The molecule has 0 aliphatic carbocycles. The minimum Gasteiger partial charge on any atom is -0.387 e. The summed E-state index contributed by atoms with van der Waals surface area (Å²) in [5.41, 5.74) is -1.78. The van der Waals surface area contributed by atoms with Gasteiger partial charge in [-0.25, -0.2) is 0 Å². The Morgan fingerprint density at radius 2 is 1.58 bits per heavy atom. The third-order valence-corrected chi connectivity index (χ3v) is 9.60. The molecule has 13 atom stereocenters. The summed E-state index contributed by atoms with van der Waals surface area (Å²) >= 11 is 0. The molecule has 2 aliphatic heterocycles. The second kappa shape index (κ2) is 24.9. The third kappa shape index (κ3) is 18.8. The average Bonchev–Trinajstić information content (AvgIpc) is 3.05. The second-order valence-electron chi connectivity index (χ2n) is 15.5. The van der Waals surface area contributed by atoms with Gasteiger partial charge in [0.2, 0.25) is 0 Å². The largest absolute Gasteiger partial charge is 0.387 e. The van der Waals surface area contributed by atoms with Crippen molar-refractivity contribution in [2.24, 2.45) is 17.8 Å². The topological polar surface area (TPSA) is 185 Å². The van der Waals surface area contributed by atoms with E-state index in [2.05, 4.69) is 6.92 Å². The number of ether oxygens (including phenoxy) is 5. The van der Waals surface area contributed by atoms with Crippen LogP contribution in [0.15, 0.2) is 11.6 Å². The standard InChI is InChI=1S/C21H38O5.C8H17NO3.C8H16O4.C2H6/c1-15(9-16(2)13-22)10-21(6,26-8)12-18(4)19(23)17(3)11-20(5,24)14-25-7;1-5-4-6(9(2)3)7(10)8(11)12-5;1-5-7(10)8(2,11-3)4-6(9)12-5;1-2/h11,13,15-16,18,24H,9-10,12,14H2,1-8H3;5-8,10-11H,4H2,1-3H3;5-7,9-10H,4H2,1-3H3;1-2H3/b17-11+;;;/t15-,16?,18+,20-,21-;;;/m0.../s1. The van der Waals surface area contributed by atoms with Crippen LogP contribution < -0.4 is 0 Å². The molecule has 310 valence electrons. The molecule has 0 aromatic carbocycles. The molecule has 0 saturated carbocycles. The molecule has 9 unspecified atom stereocenters. The summed E-state index contributed by atoms with van der Waals surface area (Å²) in [6.45, 7) is 20.8. The highest BCUT2D eigenvalue weighted by molar-refractivity contribution is 5.96. The van der Waals surface area contributed by atoms with E-state index in [4.69, 9.17) is 23.7 Å². The molecule has 5 N–H and O–H groups in total. The number of nitrogens with zero attached hydrogens (tertiary/aromatic N) is 1. The first kappa shape index (κ1) is 52.7. The molecule has 52 heavy (non-hydrogen) atoms. The Hall–Kier alpha value is -1.36. The van der Waals surface area contributed by atoms with Crippen LogP contribution in [0.3, 0.4) is 0 Å². The van der Waals surface area contributed by atoms with Crippen molar-refractivity contribution < 1.29 is 58.8 Å². The van der Waals surface area contributed by atoms with Gasteiger partial charge in [0.25, 0.3) is 0 Å². The van der Waals surface area contributed by atoms with Crippen LogP contribution in [0.5, 0.6) is 0 Å². The fourth-order valence-corrected chi connectivity index (χ4v) is 6.86. The second-order valence-corrected chi connectivity index (χ2v) is 15.5. The Bertz CT molecular complexity index is 1030. The van der Waals surface area contributed by atoms with Crippen LogP contribution in [0.25, 0.3) is 0 Å². The van der Waals surface area contributed by atoms with Crippen molar-refractivity contribution in [3.8, 4) is 0 Å². The molecule has 2 saturated heterocycles. The van der Waals surface area contributed by atoms with E-state index >= 15 is 0 Å². The molecule has 0 aromatic heterocycles. The number of Topliss-reactive ketones (excluding diaryl/α,β-unsaturated/α-hetero) is 1. The number of aldehydes is 1. The number of methoxy groups -OCH3 is 3. The van der Waals surface area contributed by atoms with Gasteiger partial charge >= 0.3 is 0 Å². The first-order valence-electron chi connectivity index (χ1n) is 18.6. The Balaban J connectivity index is 0. The van der Waals surface area contributed by atoms with E-state index in [9.17, 15) is 35.1 Å². The van der Waals surface area contributed by atoms with Crippen LogP contribution in [0.4, 0.5) is 0 Å². The normalized spacial score (nSPS) is 31.8. The summed E-state index contributed by atoms with van der Waals surface area (Å²) in [5.74, 6) is 0.115. The predicted octanol–water partition coefficient (Wildman–Crippen LogP) is 3.89. The fourth-order valence-electron chi connectivity index (χ4n) is 6.86. The van der Waals surface area contributed by atoms with Gasteiger partial charge in [-0.05, 0) is 98.9 Å². The van der Waals surface area contributed by atoms with Crippen molar-refractivity contribution in [3.05, 3.63) is 11.6 Å². The highest BCUT2D eigenvalue weighted by Gasteiger charge is 2.44. The van der Waals surface area contributed by atoms with Gasteiger partial charge in [-0.3, -0.25) is 4.79 Å². The van der Waals surface area contributed by atoms with Crippen molar-refractivity contribution in [2.45, 2.75) is 168 Å². The van der Waals surface area contributed by atoms with Crippen molar-refractivity contribution in [2.75, 3.05) is 42.0 Å². The number of carbonyl (C=O) groups excluding carboxylic acids is 2. The van der Waals surface area contributed by atoms with Crippen LogP contribution >= 0.6 is 0 Å². The van der Waals surface area contributed by atoms with Crippen molar-refractivity contribution in [3.63, 3.8) is 0 Å². The number of carbonyl (C=O) groups is 2. The minimum absolute atomic E-state index is 0.00133. The lowest BCUT2D eigenvalue weighted by Gasteiger charge is -2.42. The third-order valence-electron chi connectivity index (χ3n) is 9.60. The Morgan fingerprint density at radius 3 is 2.04 bits per heavy atom. The number of ketones is 1. The summed E-state index contributed by atoms with van der Waals surface area (Å²) < 4.78 is 25.9. The molecule has 13 heteroatoms. The number of allylic oxidation sites excluding steroid dienone is 1. The van der Waals surface area contributed by atoms with Gasteiger partial charge in [0.15, 0.2) is 18.4 Å². The van der Waals surface area contributed by atoms with E-state index < -0.39 is 47.7 Å². The first-order valence-corrected chi connectivity index (χ1v) is 18.6. The lowest BCUT2D eigenvalue weighted by molar-refractivity contribution is -0.263. The predicted molar refractivity (Wildman–Crippen MR) is 203 cm³/mol. The van der Waals surface area contributed by atoms with Crippen molar-refractivity contribution >= 4 is 12.1 Å². The molecule has 0 bridgehead atoms. The van der Waals surface area contributed by atoms with Gasteiger partial charge in [0, 0.05) is 45.6 Å². The average molecular weight is 752 g/mol. The van der Waals surface area contributed by atoms with Crippen LogP contribution in [0, 0.1) is 17.8 Å². The van der Waals surface area contributed by atoms with E-state index in [1.807, 2.05) is 60.5 Å². The van der Waals surface area contributed by atoms with Gasteiger partial charge in [-0.2, -0.15) is 0 Å². The highest BCUT2D eigenvalue weighted by atomic mass is 16.6. The van der Waals surface area contributed by atoms with E-state index in [1.54, 1.807) is 40.9 Å². The van der Waals surface area contributed by atoms with Crippen molar-refractivity contribution in [1.82, 2.24) is 4.90 Å². The lowest BCUT2D eigenvalue weighted by atomic mass is 9.80. The summed E-state index contributed by atoms with van der Waals surface area (Å²) in [6, 6.07) is -0.0104. The minimum atomic E-state index is -1.17. The molecule has 0 aromatic rings. The zero-order valence-corrected chi connectivity index (χ0v) is 35.2. The molecule has 0 radical (unpaired) electrons. The van der Waals surface area contributed by atoms with Gasteiger partial charge in [-0.1, -0.05) is 34.6 Å². The van der Waals surface area contributed by atoms with Crippen LogP contribution in [0.1, 0.15) is 108 Å². The maximum Gasteiger partial charge on any atom is 0.182 e. The Kier molecular flexibility index (Phi) is 25.3. The van der Waals surface area contributed by atoms with Crippen LogP contribution in [-0.4, -0.2) is 144 Å². The van der Waals surface area contributed by atoms with E-state index in [0.717, 1.165) is 25.5 Å².